The summed E-state index contributed by atoms with van der Waals surface area (Å²) in [6.45, 7) is 6.72. The summed E-state index contributed by atoms with van der Waals surface area (Å²) in [6.07, 6.45) is 0.383. The van der Waals surface area contributed by atoms with E-state index in [-0.39, 0.29) is 11.8 Å². The van der Waals surface area contributed by atoms with Gasteiger partial charge in [0.25, 0.3) is 5.89 Å². The normalized spacial score (nSPS) is 16.6. The standard InChI is InChI=1S/C22H23N3O3/c1-13-9-14(2)20(15(3)10-13)25-12-17(11-19(25)26)21-23-22(28-24-21)16-5-7-18(27-4)8-6-16/h5-10,17H,11-12H2,1-4H3. The minimum Gasteiger partial charge on any atom is -0.497 e. The molecule has 1 atom stereocenters. The lowest BCUT2D eigenvalue weighted by Gasteiger charge is -2.22. The van der Waals surface area contributed by atoms with Gasteiger partial charge in [0, 0.05) is 30.1 Å². The third-order valence-corrected chi connectivity index (χ3v) is 5.17. The van der Waals surface area contributed by atoms with Gasteiger partial charge in [-0.1, -0.05) is 22.9 Å². The lowest BCUT2D eigenvalue weighted by Crippen LogP contribution is -2.26. The molecule has 1 aliphatic heterocycles. The number of anilines is 1. The van der Waals surface area contributed by atoms with Gasteiger partial charge < -0.3 is 14.2 Å². The van der Waals surface area contributed by atoms with Crippen molar-refractivity contribution in [3.63, 3.8) is 0 Å². The fraction of sp³-hybridized carbons (Fsp3) is 0.318. The molecule has 6 heteroatoms. The van der Waals surface area contributed by atoms with E-state index in [0.29, 0.717) is 24.7 Å². The number of methoxy groups -OCH3 is 1. The zero-order chi connectivity index (χ0) is 19.8. The van der Waals surface area contributed by atoms with Crippen LogP contribution in [-0.4, -0.2) is 29.7 Å². The van der Waals surface area contributed by atoms with E-state index in [1.54, 1.807) is 7.11 Å². The lowest BCUT2D eigenvalue weighted by molar-refractivity contribution is -0.117. The highest BCUT2D eigenvalue weighted by atomic mass is 16.5. The Morgan fingerprint density at radius 2 is 1.79 bits per heavy atom. The fourth-order valence-electron chi connectivity index (χ4n) is 3.95. The van der Waals surface area contributed by atoms with Crippen molar-refractivity contribution in [2.24, 2.45) is 0 Å². The molecular formula is C22H23N3O3. The van der Waals surface area contributed by atoms with E-state index >= 15 is 0 Å². The van der Waals surface area contributed by atoms with Gasteiger partial charge in [0.2, 0.25) is 5.91 Å². The molecule has 0 radical (unpaired) electrons. The van der Waals surface area contributed by atoms with Gasteiger partial charge in [-0.2, -0.15) is 4.98 Å². The van der Waals surface area contributed by atoms with Gasteiger partial charge in [-0.05, 0) is 56.2 Å². The molecule has 0 N–H and O–H groups in total. The van der Waals surface area contributed by atoms with Crippen LogP contribution >= 0.6 is 0 Å². The van der Waals surface area contributed by atoms with E-state index in [4.69, 9.17) is 9.26 Å². The maximum absolute atomic E-state index is 12.7. The summed E-state index contributed by atoms with van der Waals surface area (Å²) in [5.74, 6) is 1.80. The van der Waals surface area contributed by atoms with Gasteiger partial charge >= 0.3 is 0 Å². The summed E-state index contributed by atoms with van der Waals surface area (Å²) < 4.78 is 10.6. The van der Waals surface area contributed by atoms with Crippen molar-refractivity contribution in [3.8, 4) is 17.2 Å². The molecule has 0 spiro atoms. The predicted molar refractivity (Wildman–Crippen MR) is 107 cm³/mol. The number of rotatable bonds is 4. The average Bonchev–Trinajstić information content (AvgIpc) is 3.29. The van der Waals surface area contributed by atoms with Gasteiger partial charge in [-0.25, -0.2) is 0 Å². The van der Waals surface area contributed by atoms with Crippen molar-refractivity contribution >= 4 is 11.6 Å². The summed E-state index contributed by atoms with van der Waals surface area (Å²) in [5.41, 5.74) is 5.24. The summed E-state index contributed by atoms with van der Waals surface area (Å²) in [4.78, 5) is 19.1. The molecule has 3 aromatic rings. The Morgan fingerprint density at radius 3 is 2.43 bits per heavy atom. The second-order valence-corrected chi connectivity index (χ2v) is 7.34. The van der Waals surface area contributed by atoms with Crippen molar-refractivity contribution in [2.75, 3.05) is 18.6 Å². The first-order chi connectivity index (χ1) is 13.5. The largest absolute Gasteiger partial charge is 0.497 e. The first-order valence-electron chi connectivity index (χ1n) is 9.32. The summed E-state index contributed by atoms with van der Waals surface area (Å²) in [5, 5.41) is 4.14. The van der Waals surface area contributed by atoms with Crippen LogP contribution in [-0.2, 0) is 4.79 Å². The van der Waals surface area contributed by atoms with Crippen LogP contribution in [0.15, 0.2) is 40.9 Å². The quantitative estimate of drug-likeness (QED) is 0.682. The molecule has 2 aromatic carbocycles. The molecule has 0 saturated carbocycles. The second kappa shape index (κ2) is 7.11. The third-order valence-electron chi connectivity index (χ3n) is 5.17. The highest BCUT2D eigenvalue weighted by Gasteiger charge is 2.35. The number of ether oxygens (including phenoxy) is 1. The molecule has 1 saturated heterocycles. The van der Waals surface area contributed by atoms with Crippen LogP contribution in [0.2, 0.25) is 0 Å². The van der Waals surface area contributed by atoms with Crippen molar-refractivity contribution in [2.45, 2.75) is 33.1 Å². The van der Waals surface area contributed by atoms with Gasteiger partial charge in [0.15, 0.2) is 5.82 Å². The highest BCUT2D eigenvalue weighted by molar-refractivity contribution is 5.97. The number of nitrogens with zero attached hydrogens (tertiary/aromatic N) is 3. The van der Waals surface area contributed by atoms with Crippen LogP contribution in [0.3, 0.4) is 0 Å². The molecule has 4 rings (SSSR count). The Morgan fingerprint density at radius 1 is 1.11 bits per heavy atom. The summed E-state index contributed by atoms with van der Waals surface area (Å²) >= 11 is 0. The van der Waals surface area contributed by atoms with E-state index < -0.39 is 0 Å². The van der Waals surface area contributed by atoms with Crippen LogP contribution < -0.4 is 9.64 Å². The predicted octanol–water partition coefficient (Wildman–Crippen LogP) is 4.19. The first kappa shape index (κ1) is 18.2. The van der Waals surface area contributed by atoms with Crippen molar-refractivity contribution < 1.29 is 14.1 Å². The van der Waals surface area contributed by atoms with E-state index in [2.05, 4.69) is 29.2 Å². The van der Waals surface area contributed by atoms with Crippen molar-refractivity contribution in [1.82, 2.24) is 10.1 Å². The molecule has 6 nitrogen and oxygen atoms in total. The average molecular weight is 377 g/mol. The van der Waals surface area contributed by atoms with E-state index in [1.165, 1.54) is 5.56 Å². The summed E-state index contributed by atoms with van der Waals surface area (Å²) in [7, 11) is 1.63. The Bertz CT molecular complexity index is 1000. The molecule has 0 aliphatic carbocycles. The van der Waals surface area contributed by atoms with Crippen LogP contribution in [0.4, 0.5) is 5.69 Å². The maximum Gasteiger partial charge on any atom is 0.257 e. The minimum absolute atomic E-state index is 0.0802. The fourth-order valence-corrected chi connectivity index (χ4v) is 3.95. The van der Waals surface area contributed by atoms with Crippen LogP contribution in [0.1, 0.15) is 34.9 Å². The van der Waals surface area contributed by atoms with E-state index in [0.717, 1.165) is 28.1 Å². The molecule has 28 heavy (non-hydrogen) atoms. The molecular weight excluding hydrogens is 354 g/mol. The Kier molecular flexibility index (Phi) is 4.63. The molecule has 1 fully saturated rings. The zero-order valence-electron chi connectivity index (χ0n) is 16.5. The van der Waals surface area contributed by atoms with Gasteiger partial charge in [0.1, 0.15) is 5.75 Å². The number of aromatic nitrogens is 2. The van der Waals surface area contributed by atoms with Crippen LogP contribution in [0.25, 0.3) is 11.5 Å². The zero-order valence-corrected chi connectivity index (χ0v) is 16.5. The highest BCUT2D eigenvalue weighted by Crippen LogP contribution is 2.35. The molecule has 1 unspecified atom stereocenters. The molecule has 1 amide bonds. The number of hydrogen-bond donors (Lipinski definition) is 0. The number of hydrogen-bond acceptors (Lipinski definition) is 5. The minimum atomic E-state index is -0.0802. The van der Waals surface area contributed by atoms with Crippen molar-refractivity contribution in [3.05, 3.63) is 58.9 Å². The first-order valence-corrected chi connectivity index (χ1v) is 9.32. The summed E-state index contributed by atoms with van der Waals surface area (Å²) in [6, 6.07) is 11.7. The molecule has 1 aromatic heterocycles. The third kappa shape index (κ3) is 3.26. The smallest absolute Gasteiger partial charge is 0.257 e. The Balaban J connectivity index is 1.57. The number of aryl methyl sites for hydroxylation is 3. The Hall–Kier alpha value is -3.15. The number of carbonyl (C=O) groups is 1. The second-order valence-electron chi connectivity index (χ2n) is 7.34. The van der Waals surface area contributed by atoms with E-state index in [1.807, 2.05) is 43.0 Å². The van der Waals surface area contributed by atoms with Crippen LogP contribution in [0.5, 0.6) is 5.75 Å². The van der Waals surface area contributed by atoms with Crippen LogP contribution in [0, 0.1) is 20.8 Å². The monoisotopic (exact) mass is 377 g/mol. The number of amides is 1. The Labute approximate surface area is 164 Å². The lowest BCUT2D eigenvalue weighted by atomic mass is 10.0. The van der Waals surface area contributed by atoms with Crippen molar-refractivity contribution in [1.29, 1.82) is 0 Å². The number of benzene rings is 2. The molecule has 0 bridgehead atoms. The molecule has 1 aliphatic rings. The maximum atomic E-state index is 12.7. The van der Waals surface area contributed by atoms with Gasteiger partial charge in [-0.15, -0.1) is 0 Å². The van der Waals surface area contributed by atoms with Gasteiger partial charge in [0.05, 0.1) is 7.11 Å². The number of carbonyl (C=O) groups excluding carboxylic acids is 1. The van der Waals surface area contributed by atoms with E-state index in [9.17, 15) is 4.79 Å². The molecule has 2 heterocycles. The topological polar surface area (TPSA) is 68.5 Å². The SMILES string of the molecule is COc1ccc(-c2nc(C3CC(=O)N(c4c(C)cc(C)cc4C)C3)no2)cc1. The van der Waals surface area contributed by atoms with Gasteiger partial charge in [-0.3, -0.25) is 4.79 Å². The molecule has 144 valence electrons.